The van der Waals surface area contributed by atoms with Gasteiger partial charge in [-0.3, -0.25) is 14.7 Å². The number of piperazine rings is 1. The van der Waals surface area contributed by atoms with E-state index in [0.29, 0.717) is 6.04 Å². The van der Waals surface area contributed by atoms with Crippen LogP contribution in [0.2, 0.25) is 0 Å². The standard InChI is InChI=1S/C23H37N5O3/c1-24-23(25-16-22(29)26-19-7-5-4-6-8-19)28-13-11-27(12-14-28)17-18-15-20(30-2)9-10-21(18)31-3/h9-10,15,19H,4-8,11-14,16-17H2,1-3H3,(H,24,25)(H,26,29). The van der Waals surface area contributed by atoms with Crippen molar-refractivity contribution in [3.05, 3.63) is 23.8 Å². The average molecular weight is 432 g/mol. The summed E-state index contributed by atoms with van der Waals surface area (Å²) in [5.74, 6) is 2.56. The number of ether oxygens (including phenoxy) is 2. The Balaban J connectivity index is 1.45. The third-order valence-electron chi connectivity index (χ3n) is 6.14. The zero-order valence-corrected chi connectivity index (χ0v) is 19.2. The van der Waals surface area contributed by atoms with Gasteiger partial charge in [0.2, 0.25) is 5.91 Å². The zero-order chi connectivity index (χ0) is 22.1. The molecular weight excluding hydrogens is 394 g/mol. The van der Waals surface area contributed by atoms with Crippen molar-refractivity contribution in [2.45, 2.75) is 44.7 Å². The lowest BCUT2D eigenvalue weighted by atomic mass is 9.95. The molecule has 1 saturated heterocycles. The molecule has 172 valence electrons. The number of guanidine groups is 1. The maximum Gasteiger partial charge on any atom is 0.239 e. The van der Waals surface area contributed by atoms with Crippen molar-refractivity contribution in [3.8, 4) is 11.5 Å². The Kier molecular flexibility index (Phi) is 8.82. The van der Waals surface area contributed by atoms with Crippen molar-refractivity contribution in [1.82, 2.24) is 20.4 Å². The van der Waals surface area contributed by atoms with Crippen LogP contribution in [0.25, 0.3) is 0 Å². The minimum absolute atomic E-state index is 0.0526. The number of hydrogen-bond donors (Lipinski definition) is 2. The van der Waals surface area contributed by atoms with E-state index < -0.39 is 0 Å². The van der Waals surface area contributed by atoms with E-state index in [1.165, 1.54) is 19.3 Å². The highest BCUT2D eigenvalue weighted by Crippen LogP contribution is 2.25. The Morgan fingerprint density at radius 1 is 1.10 bits per heavy atom. The van der Waals surface area contributed by atoms with Crippen LogP contribution in [0.15, 0.2) is 23.2 Å². The van der Waals surface area contributed by atoms with Crippen LogP contribution in [0.1, 0.15) is 37.7 Å². The van der Waals surface area contributed by atoms with E-state index in [9.17, 15) is 4.79 Å². The first-order valence-electron chi connectivity index (χ1n) is 11.3. The Hall–Kier alpha value is -2.48. The van der Waals surface area contributed by atoms with Crippen molar-refractivity contribution < 1.29 is 14.3 Å². The fraction of sp³-hybridized carbons (Fsp3) is 0.652. The Morgan fingerprint density at radius 3 is 2.48 bits per heavy atom. The molecule has 2 N–H and O–H groups in total. The summed E-state index contributed by atoms with van der Waals surface area (Å²) < 4.78 is 10.9. The fourth-order valence-corrected chi connectivity index (χ4v) is 4.38. The van der Waals surface area contributed by atoms with Crippen LogP contribution in [0, 0.1) is 0 Å². The van der Waals surface area contributed by atoms with Crippen LogP contribution in [0.3, 0.4) is 0 Å². The van der Waals surface area contributed by atoms with Crippen molar-refractivity contribution in [1.29, 1.82) is 0 Å². The summed E-state index contributed by atoms with van der Waals surface area (Å²) in [5, 5.41) is 6.39. The monoisotopic (exact) mass is 431 g/mol. The second-order valence-electron chi connectivity index (χ2n) is 8.24. The highest BCUT2D eigenvalue weighted by Gasteiger charge is 2.22. The third kappa shape index (κ3) is 6.75. The Morgan fingerprint density at radius 2 is 1.84 bits per heavy atom. The molecule has 8 heteroatoms. The molecule has 1 aromatic rings. The van der Waals surface area contributed by atoms with Gasteiger partial charge in [-0.2, -0.15) is 0 Å². The molecule has 3 rings (SSSR count). The van der Waals surface area contributed by atoms with Gasteiger partial charge in [-0.05, 0) is 31.0 Å². The van der Waals surface area contributed by atoms with Gasteiger partial charge in [-0.15, -0.1) is 0 Å². The molecule has 0 radical (unpaired) electrons. The van der Waals surface area contributed by atoms with Crippen LogP contribution < -0.4 is 20.1 Å². The second-order valence-corrected chi connectivity index (χ2v) is 8.24. The Labute approximate surface area is 186 Å². The van der Waals surface area contributed by atoms with Crippen molar-refractivity contribution in [2.75, 3.05) is 54.0 Å². The molecule has 0 atom stereocenters. The lowest BCUT2D eigenvalue weighted by molar-refractivity contribution is -0.120. The number of aliphatic imine (C=N–C) groups is 1. The SMILES string of the molecule is CN=C(NCC(=O)NC1CCCCC1)N1CCN(Cc2cc(OC)ccc2OC)CC1. The van der Waals surface area contributed by atoms with Gasteiger partial charge in [0, 0.05) is 51.4 Å². The molecule has 31 heavy (non-hydrogen) atoms. The van der Waals surface area contributed by atoms with E-state index in [4.69, 9.17) is 9.47 Å². The van der Waals surface area contributed by atoms with Crippen LogP contribution in [-0.4, -0.2) is 81.7 Å². The highest BCUT2D eigenvalue weighted by atomic mass is 16.5. The van der Waals surface area contributed by atoms with Gasteiger partial charge in [0.1, 0.15) is 11.5 Å². The fourth-order valence-electron chi connectivity index (χ4n) is 4.38. The number of rotatable bonds is 7. The molecule has 1 aliphatic carbocycles. The van der Waals surface area contributed by atoms with E-state index >= 15 is 0 Å². The molecule has 1 aliphatic heterocycles. The van der Waals surface area contributed by atoms with Gasteiger partial charge in [0.25, 0.3) is 0 Å². The van der Waals surface area contributed by atoms with Crippen molar-refractivity contribution in [3.63, 3.8) is 0 Å². The normalized spacial score (nSPS) is 18.5. The smallest absolute Gasteiger partial charge is 0.239 e. The summed E-state index contributed by atoms with van der Waals surface area (Å²) in [7, 11) is 5.15. The largest absolute Gasteiger partial charge is 0.497 e. The molecular formula is C23H37N5O3. The van der Waals surface area contributed by atoms with Gasteiger partial charge < -0.3 is 25.0 Å². The first-order chi connectivity index (χ1) is 15.1. The summed E-state index contributed by atoms with van der Waals surface area (Å²) in [6.45, 7) is 4.62. The van der Waals surface area contributed by atoms with Gasteiger partial charge in [0.05, 0.1) is 20.8 Å². The second kappa shape index (κ2) is 11.8. The summed E-state index contributed by atoms with van der Waals surface area (Å²) in [6, 6.07) is 6.24. The first kappa shape index (κ1) is 23.2. The molecule has 1 heterocycles. The number of carbonyl (C=O) groups is 1. The number of amides is 1. The number of methoxy groups -OCH3 is 2. The molecule has 1 amide bonds. The summed E-state index contributed by atoms with van der Waals surface area (Å²) in [4.78, 5) is 21.3. The van der Waals surface area contributed by atoms with Crippen LogP contribution in [-0.2, 0) is 11.3 Å². The molecule has 0 unspecified atom stereocenters. The van der Waals surface area contributed by atoms with Gasteiger partial charge in [0.15, 0.2) is 5.96 Å². The van der Waals surface area contributed by atoms with E-state index in [-0.39, 0.29) is 12.5 Å². The Bertz CT molecular complexity index is 741. The minimum atomic E-state index is 0.0526. The van der Waals surface area contributed by atoms with Crippen LogP contribution >= 0.6 is 0 Å². The predicted octanol–water partition coefficient (Wildman–Crippen LogP) is 1.85. The van der Waals surface area contributed by atoms with Gasteiger partial charge in [-0.1, -0.05) is 19.3 Å². The van der Waals surface area contributed by atoms with Crippen LogP contribution in [0.5, 0.6) is 11.5 Å². The van der Waals surface area contributed by atoms with Crippen molar-refractivity contribution >= 4 is 11.9 Å². The minimum Gasteiger partial charge on any atom is -0.497 e. The molecule has 2 fully saturated rings. The van der Waals surface area contributed by atoms with Crippen LogP contribution in [0.4, 0.5) is 0 Å². The van der Waals surface area contributed by atoms with E-state index in [1.807, 2.05) is 18.2 Å². The molecule has 0 bridgehead atoms. The molecule has 1 saturated carbocycles. The zero-order valence-electron chi connectivity index (χ0n) is 19.2. The lowest BCUT2D eigenvalue weighted by Crippen LogP contribution is -2.53. The van der Waals surface area contributed by atoms with E-state index in [1.54, 1.807) is 21.3 Å². The molecule has 8 nitrogen and oxygen atoms in total. The highest BCUT2D eigenvalue weighted by molar-refractivity contribution is 5.86. The molecule has 0 aromatic heterocycles. The molecule has 2 aliphatic rings. The summed E-state index contributed by atoms with van der Waals surface area (Å²) in [6.07, 6.45) is 5.91. The lowest BCUT2D eigenvalue weighted by Gasteiger charge is -2.36. The van der Waals surface area contributed by atoms with E-state index in [0.717, 1.165) is 68.6 Å². The maximum absolute atomic E-state index is 12.3. The number of hydrogen-bond acceptors (Lipinski definition) is 5. The number of nitrogens with one attached hydrogen (secondary N) is 2. The topological polar surface area (TPSA) is 78.4 Å². The number of carbonyl (C=O) groups excluding carboxylic acids is 1. The van der Waals surface area contributed by atoms with E-state index in [2.05, 4.69) is 25.4 Å². The molecule has 0 spiro atoms. The van der Waals surface area contributed by atoms with Gasteiger partial charge >= 0.3 is 0 Å². The molecule has 1 aromatic carbocycles. The maximum atomic E-state index is 12.3. The first-order valence-corrected chi connectivity index (χ1v) is 11.3. The number of nitrogens with zero attached hydrogens (tertiary/aromatic N) is 3. The summed E-state index contributed by atoms with van der Waals surface area (Å²) in [5.41, 5.74) is 1.12. The number of benzene rings is 1. The van der Waals surface area contributed by atoms with Gasteiger partial charge in [-0.25, -0.2) is 0 Å². The quantitative estimate of drug-likeness (QED) is 0.507. The van der Waals surface area contributed by atoms with Crippen molar-refractivity contribution in [2.24, 2.45) is 4.99 Å². The third-order valence-corrected chi connectivity index (χ3v) is 6.14. The predicted molar refractivity (Wildman–Crippen MR) is 123 cm³/mol. The summed E-state index contributed by atoms with van der Waals surface area (Å²) >= 11 is 0. The average Bonchev–Trinajstić information content (AvgIpc) is 2.81.